The van der Waals surface area contributed by atoms with Gasteiger partial charge < -0.3 is 10.3 Å². The van der Waals surface area contributed by atoms with Gasteiger partial charge in [0.25, 0.3) is 0 Å². The molecule has 2 N–H and O–H groups in total. The van der Waals surface area contributed by atoms with Crippen molar-refractivity contribution in [1.29, 1.82) is 0 Å². The van der Waals surface area contributed by atoms with Gasteiger partial charge in [-0.2, -0.15) is 4.98 Å². The van der Waals surface area contributed by atoms with E-state index in [2.05, 4.69) is 22.0 Å². The van der Waals surface area contributed by atoms with Gasteiger partial charge in [-0.1, -0.05) is 18.1 Å². The highest BCUT2D eigenvalue weighted by molar-refractivity contribution is 5.53. The zero-order valence-electron chi connectivity index (χ0n) is 10.4. The summed E-state index contributed by atoms with van der Waals surface area (Å²) in [5, 5.41) is 4.01. The first-order chi connectivity index (χ1) is 8.73. The SMILES string of the molecule is CCc1cccnc1-c1noc(C2(N)CCC2)n1. The topological polar surface area (TPSA) is 77.8 Å². The lowest BCUT2D eigenvalue weighted by molar-refractivity contribution is 0.181. The molecule has 5 nitrogen and oxygen atoms in total. The van der Waals surface area contributed by atoms with Crippen molar-refractivity contribution in [2.24, 2.45) is 5.73 Å². The molecule has 0 spiro atoms. The Balaban J connectivity index is 1.98. The number of nitrogens with two attached hydrogens (primary N) is 1. The predicted octanol–water partition coefficient (Wildman–Crippen LogP) is 2.03. The summed E-state index contributed by atoms with van der Waals surface area (Å²) in [5.74, 6) is 1.08. The van der Waals surface area contributed by atoms with Crippen LogP contribution in [0, 0.1) is 0 Å². The average Bonchev–Trinajstić information content (AvgIpc) is 2.85. The van der Waals surface area contributed by atoms with Gasteiger partial charge in [-0.15, -0.1) is 0 Å². The highest BCUT2D eigenvalue weighted by Gasteiger charge is 2.40. The zero-order valence-corrected chi connectivity index (χ0v) is 10.4. The average molecular weight is 244 g/mol. The van der Waals surface area contributed by atoms with Crippen molar-refractivity contribution in [3.8, 4) is 11.5 Å². The molecule has 2 aromatic heterocycles. The number of rotatable bonds is 3. The number of hydrogen-bond acceptors (Lipinski definition) is 5. The lowest BCUT2D eigenvalue weighted by Crippen LogP contribution is -2.43. The van der Waals surface area contributed by atoms with Gasteiger partial charge in [-0.3, -0.25) is 4.98 Å². The first kappa shape index (κ1) is 11.3. The Morgan fingerprint density at radius 3 is 2.94 bits per heavy atom. The summed E-state index contributed by atoms with van der Waals surface area (Å²) in [4.78, 5) is 8.75. The fourth-order valence-electron chi connectivity index (χ4n) is 2.22. The highest BCUT2D eigenvalue weighted by Crippen LogP contribution is 2.38. The van der Waals surface area contributed by atoms with Crippen molar-refractivity contribution in [3.63, 3.8) is 0 Å². The summed E-state index contributed by atoms with van der Waals surface area (Å²) in [6.07, 6.45) is 5.58. The summed E-state index contributed by atoms with van der Waals surface area (Å²) in [5.41, 5.74) is 7.66. The van der Waals surface area contributed by atoms with Gasteiger partial charge >= 0.3 is 0 Å². The van der Waals surface area contributed by atoms with Crippen molar-refractivity contribution in [3.05, 3.63) is 29.8 Å². The molecule has 0 aliphatic heterocycles. The van der Waals surface area contributed by atoms with E-state index in [1.54, 1.807) is 6.20 Å². The molecular weight excluding hydrogens is 228 g/mol. The molecular formula is C13H16N4O. The van der Waals surface area contributed by atoms with Crippen LogP contribution in [0.4, 0.5) is 0 Å². The molecule has 1 aliphatic rings. The van der Waals surface area contributed by atoms with Crippen LogP contribution in [0.2, 0.25) is 0 Å². The second-order valence-electron chi connectivity index (χ2n) is 4.80. The van der Waals surface area contributed by atoms with Crippen LogP contribution in [-0.2, 0) is 12.0 Å². The van der Waals surface area contributed by atoms with Crippen LogP contribution >= 0.6 is 0 Å². The third kappa shape index (κ3) is 1.71. The van der Waals surface area contributed by atoms with Crippen LogP contribution in [0.3, 0.4) is 0 Å². The molecule has 0 radical (unpaired) electrons. The Morgan fingerprint density at radius 2 is 2.28 bits per heavy atom. The smallest absolute Gasteiger partial charge is 0.247 e. The Kier molecular flexibility index (Phi) is 2.63. The molecule has 0 saturated heterocycles. The van der Waals surface area contributed by atoms with Gasteiger partial charge in [0.05, 0.1) is 5.54 Å². The predicted molar refractivity (Wildman–Crippen MR) is 66.6 cm³/mol. The standard InChI is InChI=1S/C13H16N4O/c1-2-9-5-3-8-15-10(9)11-16-12(18-17-11)13(14)6-4-7-13/h3,5,8H,2,4,6-7,14H2,1H3. The maximum absolute atomic E-state index is 6.17. The fraction of sp³-hybridized carbons (Fsp3) is 0.462. The van der Waals surface area contributed by atoms with Crippen LogP contribution in [0.1, 0.15) is 37.6 Å². The minimum atomic E-state index is -0.410. The first-order valence-electron chi connectivity index (χ1n) is 6.30. The number of nitrogens with zero attached hydrogens (tertiary/aromatic N) is 3. The van der Waals surface area contributed by atoms with Crippen LogP contribution in [0.15, 0.2) is 22.9 Å². The molecule has 5 heteroatoms. The molecule has 94 valence electrons. The van der Waals surface area contributed by atoms with E-state index in [9.17, 15) is 0 Å². The molecule has 1 aliphatic carbocycles. The Bertz CT molecular complexity index is 560. The fourth-order valence-corrected chi connectivity index (χ4v) is 2.22. The van der Waals surface area contributed by atoms with E-state index in [1.807, 2.05) is 12.1 Å². The molecule has 0 bridgehead atoms. The minimum absolute atomic E-state index is 0.410. The summed E-state index contributed by atoms with van der Waals surface area (Å²) < 4.78 is 5.30. The van der Waals surface area contributed by atoms with Gasteiger partial charge in [0, 0.05) is 6.20 Å². The maximum Gasteiger partial charge on any atom is 0.247 e. The van der Waals surface area contributed by atoms with Crippen molar-refractivity contribution in [2.75, 3.05) is 0 Å². The largest absolute Gasteiger partial charge is 0.337 e. The minimum Gasteiger partial charge on any atom is -0.337 e. The molecule has 2 aromatic rings. The first-order valence-corrected chi connectivity index (χ1v) is 6.30. The van der Waals surface area contributed by atoms with Gasteiger partial charge in [-0.25, -0.2) is 0 Å². The zero-order chi connectivity index (χ0) is 12.6. The Morgan fingerprint density at radius 1 is 1.44 bits per heavy atom. The van der Waals surface area contributed by atoms with Crippen LogP contribution in [-0.4, -0.2) is 15.1 Å². The van der Waals surface area contributed by atoms with Crippen LogP contribution < -0.4 is 5.73 Å². The molecule has 18 heavy (non-hydrogen) atoms. The third-order valence-electron chi connectivity index (χ3n) is 3.58. The molecule has 0 aromatic carbocycles. The molecule has 3 rings (SSSR count). The van der Waals surface area contributed by atoms with Crippen molar-refractivity contribution >= 4 is 0 Å². The van der Waals surface area contributed by atoms with Gasteiger partial charge in [0.1, 0.15) is 5.69 Å². The van der Waals surface area contributed by atoms with E-state index < -0.39 is 5.54 Å². The van der Waals surface area contributed by atoms with E-state index in [0.29, 0.717) is 11.7 Å². The van der Waals surface area contributed by atoms with E-state index in [-0.39, 0.29) is 0 Å². The van der Waals surface area contributed by atoms with E-state index in [1.165, 1.54) is 0 Å². The summed E-state index contributed by atoms with van der Waals surface area (Å²) >= 11 is 0. The second-order valence-corrected chi connectivity index (χ2v) is 4.80. The second kappa shape index (κ2) is 4.17. The normalized spacial score (nSPS) is 17.4. The summed E-state index contributed by atoms with van der Waals surface area (Å²) in [6, 6.07) is 3.94. The summed E-state index contributed by atoms with van der Waals surface area (Å²) in [7, 11) is 0. The van der Waals surface area contributed by atoms with Crippen molar-refractivity contribution in [1.82, 2.24) is 15.1 Å². The van der Waals surface area contributed by atoms with E-state index in [4.69, 9.17) is 10.3 Å². The lowest BCUT2D eigenvalue weighted by Gasteiger charge is -2.33. The number of hydrogen-bond donors (Lipinski definition) is 1. The van der Waals surface area contributed by atoms with Crippen LogP contribution in [0.25, 0.3) is 11.5 Å². The molecule has 2 heterocycles. The molecule has 0 unspecified atom stereocenters. The van der Waals surface area contributed by atoms with Crippen molar-refractivity contribution < 1.29 is 4.52 Å². The Labute approximate surface area is 105 Å². The summed E-state index contributed by atoms with van der Waals surface area (Å²) in [6.45, 7) is 2.08. The molecule has 0 amide bonds. The van der Waals surface area contributed by atoms with Crippen LogP contribution in [0.5, 0.6) is 0 Å². The van der Waals surface area contributed by atoms with E-state index in [0.717, 1.165) is 36.9 Å². The van der Waals surface area contributed by atoms with Gasteiger partial charge in [0.2, 0.25) is 11.7 Å². The van der Waals surface area contributed by atoms with Gasteiger partial charge in [-0.05, 0) is 37.3 Å². The lowest BCUT2D eigenvalue weighted by atomic mass is 9.78. The Hall–Kier alpha value is -1.75. The van der Waals surface area contributed by atoms with Crippen molar-refractivity contribution in [2.45, 2.75) is 38.1 Å². The number of aryl methyl sites for hydroxylation is 1. The number of aromatic nitrogens is 3. The van der Waals surface area contributed by atoms with Gasteiger partial charge in [0.15, 0.2) is 0 Å². The molecule has 1 saturated carbocycles. The number of pyridine rings is 1. The quantitative estimate of drug-likeness (QED) is 0.893. The highest BCUT2D eigenvalue weighted by atomic mass is 16.5. The van der Waals surface area contributed by atoms with E-state index >= 15 is 0 Å². The molecule has 0 atom stereocenters. The monoisotopic (exact) mass is 244 g/mol. The maximum atomic E-state index is 6.17. The third-order valence-corrected chi connectivity index (χ3v) is 3.58. The molecule has 1 fully saturated rings.